The highest BCUT2D eigenvalue weighted by atomic mass is 35.5. The lowest BCUT2D eigenvalue weighted by Gasteiger charge is -2.26. The van der Waals surface area contributed by atoms with E-state index in [4.69, 9.17) is 23.2 Å². The number of hydrogen-bond acceptors (Lipinski definition) is 5. The summed E-state index contributed by atoms with van der Waals surface area (Å²) in [6.45, 7) is 0. The zero-order valence-corrected chi connectivity index (χ0v) is 19.1. The molecule has 1 unspecified atom stereocenters. The number of sulfonamides is 1. The third-order valence-corrected chi connectivity index (χ3v) is 9.94. The van der Waals surface area contributed by atoms with Crippen molar-refractivity contribution in [2.45, 2.75) is 21.8 Å². The Morgan fingerprint density at radius 2 is 1.57 bits per heavy atom. The molecule has 1 aromatic heterocycles. The van der Waals surface area contributed by atoms with E-state index in [-0.39, 0.29) is 22.7 Å². The SMILES string of the molecule is O=S(=O)(Nc1ccc(C2(S(=O)(=O)O)Cc3ccc(Cl)cc3C2)cc1)c1ccc(Cl)s1. The first-order valence-electron chi connectivity index (χ1n) is 8.63. The molecule has 1 atom stereocenters. The van der Waals surface area contributed by atoms with Gasteiger partial charge in [-0.2, -0.15) is 8.42 Å². The average Bonchev–Trinajstić information content (AvgIpc) is 3.26. The van der Waals surface area contributed by atoms with E-state index in [1.54, 1.807) is 18.2 Å². The minimum Gasteiger partial charge on any atom is -0.285 e. The topological polar surface area (TPSA) is 101 Å². The normalized spacial score (nSPS) is 18.9. The highest BCUT2D eigenvalue weighted by Crippen LogP contribution is 2.44. The predicted molar refractivity (Wildman–Crippen MR) is 119 cm³/mol. The van der Waals surface area contributed by atoms with Crippen molar-refractivity contribution in [2.24, 2.45) is 0 Å². The summed E-state index contributed by atoms with van der Waals surface area (Å²) in [5.74, 6) is 0. The number of halogens is 2. The van der Waals surface area contributed by atoms with Crippen LogP contribution in [0.3, 0.4) is 0 Å². The van der Waals surface area contributed by atoms with Crippen molar-refractivity contribution in [3.8, 4) is 0 Å². The smallest absolute Gasteiger partial charge is 0.275 e. The number of rotatable bonds is 5. The van der Waals surface area contributed by atoms with Gasteiger partial charge in [-0.15, -0.1) is 11.3 Å². The standard InChI is InChI=1S/C19H15Cl2NO5S3/c20-15-4-1-12-10-19(30(25,26)27,11-13(12)9-15)14-2-5-16(6-3-14)22-29(23,24)18-8-7-17(21)28-18/h1-9,22H,10-11H2,(H,25,26,27). The van der Waals surface area contributed by atoms with Crippen LogP contribution >= 0.6 is 34.5 Å². The molecule has 0 bridgehead atoms. The molecule has 1 heterocycles. The van der Waals surface area contributed by atoms with Gasteiger partial charge in [-0.05, 0) is 65.9 Å². The molecule has 0 fully saturated rings. The molecular weight excluding hydrogens is 489 g/mol. The first-order valence-corrected chi connectivity index (χ1v) is 13.1. The third kappa shape index (κ3) is 3.86. The van der Waals surface area contributed by atoms with Crippen LogP contribution in [-0.4, -0.2) is 21.4 Å². The van der Waals surface area contributed by atoms with E-state index in [2.05, 4.69) is 4.72 Å². The van der Waals surface area contributed by atoms with Gasteiger partial charge in [-0.1, -0.05) is 41.4 Å². The molecule has 0 amide bonds. The lowest BCUT2D eigenvalue weighted by atomic mass is 9.95. The summed E-state index contributed by atoms with van der Waals surface area (Å²) in [4.78, 5) is 0. The Balaban J connectivity index is 1.67. The van der Waals surface area contributed by atoms with E-state index in [1.807, 2.05) is 0 Å². The second-order valence-electron chi connectivity index (χ2n) is 6.98. The summed E-state index contributed by atoms with van der Waals surface area (Å²) in [6, 6.07) is 13.9. The molecule has 158 valence electrons. The van der Waals surface area contributed by atoms with Crippen LogP contribution in [0.5, 0.6) is 0 Å². The largest absolute Gasteiger partial charge is 0.285 e. The van der Waals surface area contributed by atoms with E-state index < -0.39 is 24.9 Å². The lowest BCUT2D eigenvalue weighted by Crippen LogP contribution is -2.36. The zero-order chi connectivity index (χ0) is 21.7. The molecule has 2 N–H and O–H groups in total. The molecule has 11 heteroatoms. The molecule has 0 saturated carbocycles. The van der Waals surface area contributed by atoms with Crippen LogP contribution < -0.4 is 4.72 Å². The van der Waals surface area contributed by atoms with Crippen LogP contribution in [0, 0.1) is 0 Å². The summed E-state index contributed by atoms with van der Waals surface area (Å²) in [5, 5.41) is 0.485. The van der Waals surface area contributed by atoms with Crippen molar-refractivity contribution in [1.29, 1.82) is 0 Å². The molecule has 0 saturated heterocycles. The van der Waals surface area contributed by atoms with Crippen LogP contribution in [0.2, 0.25) is 9.36 Å². The van der Waals surface area contributed by atoms with Crippen molar-refractivity contribution in [3.63, 3.8) is 0 Å². The fourth-order valence-corrected chi connectivity index (χ4v) is 7.48. The van der Waals surface area contributed by atoms with Gasteiger partial charge in [-0.25, -0.2) is 8.42 Å². The molecule has 3 aromatic rings. The van der Waals surface area contributed by atoms with E-state index in [9.17, 15) is 21.4 Å². The Morgan fingerprint density at radius 3 is 2.17 bits per heavy atom. The average molecular weight is 504 g/mol. The van der Waals surface area contributed by atoms with Gasteiger partial charge in [0.15, 0.2) is 0 Å². The highest BCUT2D eigenvalue weighted by molar-refractivity contribution is 7.94. The third-order valence-electron chi connectivity index (χ3n) is 5.09. The maximum atomic E-state index is 12.5. The first kappa shape index (κ1) is 21.6. The van der Waals surface area contributed by atoms with Gasteiger partial charge >= 0.3 is 0 Å². The molecule has 30 heavy (non-hydrogen) atoms. The molecule has 0 spiro atoms. The Bertz CT molecular complexity index is 1330. The Labute approximate surface area is 188 Å². The molecule has 0 radical (unpaired) electrons. The minimum absolute atomic E-state index is 0.0640. The van der Waals surface area contributed by atoms with Crippen molar-refractivity contribution < 1.29 is 21.4 Å². The van der Waals surface area contributed by atoms with E-state index in [0.29, 0.717) is 14.9 Å². The Kier molecular flexibility index (Phi) is 5.41. The summed E-state index contributed by atoms with van der Waals surface area (Å²) in [7, 11) is -8.30. The predicted octanol–water partition coefficient (Wildman–Crippen LogP) is 4.74. The summed E-state index contributed by atoms with van der Waals surface area (Å²) < 4.78 is 61.1. The molecule has 4 rings (SSSR count). The molecule has 2 aromatic carbocycles. The number of anilines is 1. The fourth-order valence-electron chi connectivity index (χ4n) is 3.63. The van der Waals surface area contributed by atoms with Gasteiger partial charge in [0.2, 0.25) is 0 Å². The van der Waals surface area contributed by atoms with Gasteiger partial charge in [-0.3, -0.25) is 9.27 Å². The zero-order valence-electron chi connectivity index (χ0n) is 15.2. The maximum absolute atomic E-state index is 12.5. The van der Waals surface area contributed by atoms with Gasteiger partial charge in [0.25, 0.3) is 20.1 Å². The molecule has 6 nitrogen and oxygen atoms in total. The number of thiophene rings is 1. The maximum Gasteiger partial charge on any atom is 0.275 e. The minimum atomic E-state index is -4.48. The molecule has 0 aliphatic heterocycles. The quantitative estimate of drug-likeness (QED) is 0.489. The van der Waals surface area contributed by atoms with E-state index in [0.717, 1.165) is 22.5 Å². The van der Waals surface area contributed by atoms with Crippen LogP contribution in [0.15, 0.2) is 58.8 Å². The second-order valence-corrected chi connectivity index (χ2v) is 12.8. The van der Waals surface area contributed by atoms with Crippen molar-refractivity contribution >= 4 is 60.4 Å². The molecule has 1 aliphatic rings. The van der Waals surface area contributed by atoms with Gasteiger partial charge in [0, 0.05) is 10.7 Å². The Morgan fingerprint density at radius 1 is 0.900 bits per heavy atom. The number of benzene rings is 2. The van der Waals surface area contributed by atoms with Gasteiger partial charge < -0.3 is 0 Å². The lowest BCUT2D eigenvalue weighted by molar-refractivity contribution is 0.429. The number of hydrogen-bond donors (Lipinski definition) is 2. The van der Waals surface area contributed by atoms with Crippen molar-refractivity contribution in [3.05, 3.63) is 80.6 Å². The number of fused-ring (bicyclic) bond motifs is 1. The van der Waals surface area contributed by atoms with Crippen LogP contribution in [0.4, 0.5) is 5.69 Å². The second kappa shape index (κ2) is 7.51. The molecule has 1 aliphatic carbocycles. The van der Waals surface area contributed by atoms with Crippen LogP contribution in [0.25, 0.3) is 0 Å². The van der Waals surface area contributed by atoms with Gasteiger partial charge in [0.1, 0.15) is 8.96 Å². The van der Waals surface area contributed by atoms with E-state index >= 15 is 0 Å². The van der Waals surface area contributed by atoms with Crippen LogP contribution in [-0.2, 0) is 37.7 Å². The van der Waals surface area contributed by atoms with Gasteiger partial charge in [0.05, 0.1) is 4.34 Å². The fraction of sp³-hybridized carbons (Fsp3) is 0.158. The highest BCUT2D eigenvalue weighted by Gasteiger charge is 2.49. The summed E-state index contributed by atoms with van der Waals surface area (Å²) in [5.41, 5.74) is 2.16. The Hall–Kier alpha value is -1.62. The summed E-state index contributed by atoms with van der Waals surface area (Å²) in [6.07, 6.45) is 0.164. The van der Waals surface area contributed by atoms with Crippen molar-refractivity contribution in [1.82, 2.24) is 0 Å². The summed E-state index contributed by atoms with van der Waals surface area (Å²) >= 11 is 12.8. The van der Waals surface area contributed by atoms with Crippen LogP contribution in [0.1, 0.15) is 16.7 Å². The first-order chi connectivity index (χ1) is 14.0. The monoisotopic (exact) mass is 503 g/mol. The molecular formula is C19H15Cl2NO5S3. The van der Waals surface area contributed by atoms with E-state index in [1.165, 1.54) is 36.4 Å². The van der Waals surface area contributed by atoms with Crippen molar-refractivity contribution in [2.75, 3.05) is 4.72 Å². The number of nitrogens with one attached hydrogen (secondary N) is 1.